The Hall–Kier alpha value is -3.62. The Morgan fingerprint density at radius 2 is 1.84 bits per heavy atom. The number of carbonyl (C=O) groups excluding carboxylic acids is 1. The van der Waals surface area contributed by atoms with Crippen molar-refractivity contribution in [3.63, 3.8) is 0 Å². The number of fused-ring (bicyclic) bond motifs is 1. The zero-order valence-corrected chi connectivity index (χ0v) is 18.5. The number of hydrogen-bond acceptors (Lipinski definition) is 6. The molecule has 4 rings (SSSR count). The van der Waals surface area contributed by atoms with E-state index in [1.54, 1.807) is 25.5 Å². The van der Waals surface area contributed by atoms with Crippen molar-refractivity contribution in [2.75, 3.05) is 44.7 Å². The Morgan fingerprint density at radius 3 is 2.56 bits per heavy atom. The monoisotopic (exact) mass is 435 g/mol. The fraction of sp³-hybridized carbons (Fsp3) is 0.391. The normalized spacial score (nSPS) is 14.6. The molecular formula is C23H29N7O2. The Morgan fingerprint density at radius 1 is 1.09 bits per heavy atom. The molecule has 168 valence electrons. The number of para-hydroxylation sites is 1. The number of aromatic nitrogens is 2. The molecule has 0 bridgehead atoms. The summed E-state index contributed by atoms with van der Waals surface area (Å²) in [5.74, 6) is 2.37. The molecular weight excluding hydrogens is 406 g/mol. The van der Waals surface area contributed by atoms with Gasteiger partial charge < -0.3 is 24.9 Å². The lowest BCUT2D eigenvalue weighted by Gasteiger charge is -2.34. The third kappa shape index (κ3) is 4.99. The van der Waals surface area contributed by atoms with Gasteiger partial charge in [-0.1, -0.05) is 18.2 Å². The summed E-state index contributed by atoms with van der Waals surface area (Å²) in [6.07, 6.45) is 3.89. The maximum absolute atomic E-state index is 12.6. The van der Waals surface area contributed by atoms with Gasteiger partial charge in [0, 0.05) is 69.5 Å². The van der Waals surface area contributed by atoms with Gasteiger partial charge in [-0.05, 0) is 19.1 Å². The van der Waals surface area contributed by atoms with E-state index in [0.717, 1.165) is 41.3 Å². The summed E-state index contributed by atoms with van der Waals surface area (Å²) >= 11 is 0. The van der Waals surface area contributed by atoms with Crippen molar-refractivity contribution < 1.29 is 9.21 Å². The molecule has 1 fully saturated rings. The van der Waals surface area contributed by atoms with E-state index in [9.17, 15) is 4.79 Å². The predicted octanol–water partition coefficient (Wildman–Crippen LogP) is 1.94. The summed E-state index contributed by atoms with van der Waals surface area (Å²) in [6.45, 7) is 5.93. The summed E-state index contributed by atoms with van der Waals surface area (Å²) < 4.78 is 5.94. The van der Waals surface area contributed by atoms with Gasteiger partial charge >= 0.3 is 0 Å². The average molecular weight is 436 g/mol. The summed E-state index contributed by atoms with van der Waals surface area (Å²) in [7, 11) is 1.72. The van der Waals surface area contributed by atoms with Gasteiger partial charge in [-0.3, -0.25) is 9.79 Å². The van der Waals surface area contributed by atoms with Gasteiger partial charge in [0.1, 0.15) is 11.3 Å². The zero-order valence-electron chi connectivity index (χ0n) is 18.5. The number of aliphatic imine (C=N–C) groups is 1. The van der Waals surface area contributed by atoms with Crippen LogP contribution in [0.4, 0.5) is 5.95 Å². The first kappa shape index (κ1) is 21.6. The van der Waals surface area contributed by atoms with E-state index in [4.69, 9.17) is 4.42 Å². The molecule has 0 radical (unpaired) electrons. The topological polar surface area (TPSA) is 98.9 Å². The number of nitrogens with one attached hydrogen (secondary N) is 2. The average Bonchev–Trinajstić information content (AvgIpc) is 3.17. The Bertz CT molecular complexity index is 1070. The highest BCUT2D eigenvalue weighted by molar-refractivity contribution is 5.83. The second kappa shape index (κ2) is 10.1. The predicted molar refractivity (Wildman–Crippen MR) is 125 cm³/mol. The van der Waals surface area contributed by atoms with E-state index in [1.165, 1.54) is 0 Å². The standard InChI is InChI=1S/C23H29N7O2/c1-17-18-6-3-4-7-19(18)32-20(17)16-28-22(24-2)25-11-8-21(31)29-12-14-30(15-13-29)23-26-9-5-10-27-23/h3-7,9-10H,8,11-16H2,1-2H3,(H2,24,25,28). The van der Waals surface area contributed by atoms with E-state index < -0.39 is 0 Å². The van der Waals surface area contributed by atoms with Gasteiger partial charge in [0.25, 0.3) is 0 Å². The molecule has 1 saturated heterocycles. The van der Waals surface area contributed by atoms with Crippen molar-refractivity contribution in [2.45, 2.75) is 19.9 Å². The van der Waals surface area contributed by atoms with Crippen LogP contribution in [0.2, 0.25) is 0 Å². The maximum Gasteiger partial charge on any atom is 0.225 e. The van der Waals surface area contributed by atoms with Crippen LogP contribution >= 0.6 is 0 Å². The summed E-state index contributed by atoms with van der Waals surface area (Å²) in [5.41, 5.74) is 2.01. The SMILES string of the molecule is CN=C(NCCC(=O)N1CCN(c2ncccn2)CC1)NCc1oc2ccccc2c1C. The maximum atomic E-state index is 12.6. The molecule has 1 amide bonds. The number of carbonyl (C=O) groups is 1. The summed E-state index contributed by atoms with van der Waals surface area (Å²) in [4.78, 5) is 29.4. The molecule has 9 nitrogen and oxygen atoms in total. The molecule has 9 heteroatoms. The second-order valence-corrected chi connectivity index (χ2v) is 7.67. The van der Waals surface area contributed by atoms with Crippen LogP contribution in [-0.2, 0) is 11.3 Å². The fourth-order valence-electron chi connectivity index (χ4n) is 3.83. The van der Waals surface area contributed by atoms with Crippen molar-refractivity contribution in [1.29, 1.82) is 0 Å². The smallest absolute Gasteiger partial charge is 0.225 e. The second-order valence-electron chi connectivity index (χ2n) is 7.67. The molecule has 0 saturated carbocycles. The number of anilines is 1. The third-order valence-corrected chi connectivity index (χ3v) is 5.68. The van der Waals surface area contributed by atoms with E-state index in [1.807, 2.05) is 23.1 Å². The van der Waals surface area contributed by atoms with E-state index in [0.29, 0.717) is 38.6 Å². The summed E-state index contributed by atoms with van der Waals surface area (Å²) in [6, 6.07) is 9.81. The molecule has 0 spiro atoms. The molecule has 1 aromatic carbocycles. The molecule has 32 heavy (non-hydrogen) atoms. The minimum Gasteiger partial charge on any atom is -0.459 e. The van der Waals surface area contributed by atoms with Gasteiger partial charge in [-0.15, -0.1) is 0 Å². The Kier molecular flexibility index (Phi) is 6.84. The first-order valence-electron chi connectivity index (χ1n) is 10.9. The molecule has 3 heterocycles. The number of piperazine rings is 1. The van der Waals surface area contributed by atoms with Crippen LogP contribution in [0.5, 0.6) is 0 Å². The van der Waals surface area contributed by atoms with Crippen molar-refractivity contribution in [1.82, 2.24) is 25.5 Å². The first-order chi connectivity index (χ1) is 15.7. The molecule has 1 aliphatic heterocycles. The van der Waals surface area contributed by atoms with Crippen LogP contribution in [0, 0.1) is 6.92 Å². The number of rotatable bonds is 6. The van der Waals surface area contributed by atoms with Crippen molar-refractivity contribution in [3.05, 3.63) is 54.0 Å². The minimum atomic E-state index is 0.134. The first-order valence-corrected chi connectivity index (χ1v) is 10.9. The molecule has 3 aromatic rings. The fourth-order valence-corrected chi connectivity index (χ4v) is 3.83. The van der Waals surface area contributed by atoms with Crippen LogP contribution in [0.15, 0.2) is 52.1 Å². The lowest BCUT2D eigenvalue weighted by molar-refractivity contribution is -0.131. The zero-order chi connectivity index (χ0) is 22.3. The highest BCUT2D eigenvalue weighted by Crippen LogP contribution is 2.24. The number of amides is 1. The third-order valence-electron chi connectivity index (χ3n) is 5.68. The Balaban J connectivity index is 1.20. The number of guanidine groups is 1. The number of hydrogen-bond donors (Lipinski definition) is 2. The van der Waals surface area contributed by atoms with Gasteiger partial charge in [0.15, 0.2) is 5.96 Å². The molecule has 2 aromatic heterocycles. The van der Waals surface area contributed by atoms with Crippen molar-refractivity contribution in [3.8, 4) is 0 Å². The van der Waals surface area contributed by atoms with Crippen molar-refractivity contribution in [2.24, 2.45) is 4.99 Å². The van der Waals surface area contributed by atoms with E-state index >= 15 is 0 Å². The number of furan rings is 1. The quantitative estimate of drug-likeness (QED) is 0.451. The van der Waals surface area contributed by atoms with Crippen LogP contribution in [-0.4, -0.2) is 66.5 Å². The molecule has 2 N–H and O–H groups in total. The highest BCUT2D eigenvalue weighted by Gasteiger charge is 2.22. The van der Waals surface area contributed by atoms with Gasteiger partial charge in [0.05, 0.1) is 6.54 Å². The van der Waals surface area contributed by atoms with Gasteiger partial charge in [0.2, 0.25) is 11.9 Å². The lowest BCUT2D eigenvalue weighted by Crippen LogP contribution is -2.50. The molecule has 0 atom stereocenters. The highest BCUT2D eigenvalue weighted by atomic mass is 16.3. The number of benzene rings is 1. The Labute approximate surface area is 187 Å². The van der Waals surface area contributed by atoms with E-state index in [-0.39, 0.29) is 5.91 Å². The molecule has 1 aliphatic rings. The minimum absolute atomic E-state index is 0.134. The largest absolute Gasteiger partial charge is 0.459 e. The van der Waals surface area contributed by atoms with Crippen LogP contribution in [0.1, 0.15) is 17.7 Å². The number of aryl methyl sites for hydroxylation is 1. The van der Waals surface area contributed by atoms with Gasteiger partial charge in [-0.2, -0.15) is 0 Å². The van der Waals surface area contributed by atoms with Crippen LogP contribution in [0.3, 0.4) is 0 Å². The molecule has 0 unspecified atom stereocenters. The molecule has 0 aliphatic carbocycles. The van der Waals surface area contributed by atoms with E-state index in [2.05, 4.69) is 43.5 Å². The number of nitrogens with zero attached hydrogens (tertiary/aromatic N) is 5. The lowest BCUT2D eigenvalue weighted by atomic mass is 10.1. The van der Waals surface area contributed by atoms with Crippen LogP contribution in [0.25, 0.3) is 11.0 Å². The van der Waals surface area contributed by atoms with Crippen molar-refractivity contribution >= 4 is 28.8 Å². The summed E-state index contributed by atoms with van der Waals surface area (Å²) in [5, 5.41) is 7.60. The van der Waals surface area contributed by atoms with Crippen LogP contribution < -0.4 is 15.5 Å². The van der Waals surface area contributed by atoms with Gasteiger partial charge in [-0.25, -0.2) is 9.97 Å².